The van der Waals surface area contributed by atoms with Gasteiger partial charge in [-0.3, -0.25) is 0 Å². The number of phenols is 1. The fourth-order valence-electron chi connectivity index (χ4n) is 2.78. The maximum absolute atomic E-state index is 12.9. The first-order valence-electron chi connectivity index (χ1n) is 6.96. The monoisotopic (exact) mass is 266 g/mol. The van der Waals surface area contributed by atoms with Crippen LogP contribution in [0.1, 0.15) is 31.4 Å². The highest BCUT2D eigenvalue weighted by Gasteiger charge is 2.18. The average Bonchev–Trinajstić information content (AvgIpc) is 2.36. The lowest BCUT2D eigenvalue weighted by atomic mass is 9.97. The SMILES string of the molecule is CC(NCC1CCCN(C)C1)c1ccc(F)cc1O. The molecule has 2 N–H and O–H groups in total. The third kappa shape index (κ3) is 3.91. The van der Waals surface area contributed by atoms with Gasteiger partial charge in [-0.15, -0.1) is 0 Å². The lowest BCUT2D eigenvalue weighted by Crippen LogP contribution is -2.37. The standard InChI is InChI=1S/C15H23FN2O/c1-11(14-6-5-13(16)8-15(14)19)17-9-12-4-3-7-18(2)10-12/h5-6,8,11-12,17,19H,3-4,7,9-10H2,1-2H3. The molecule has 1 aromatic rings. The third-order valence-electron chi connectivity index (χ3n) is 3.89. The first-order chi connectivity index (χ1) is 9.06. The number of likely N-dealkylation sites (tertiary alicyclic amines) is 1. The van der Waals surface area contributed by atoms with E-state index in [-0.39, 0.29) is 11.8 Å². The Bertz CT molecular complexity index is 425. The molecule has 2 atom stereocenters. The van der Waals surface area contributed by atoms with Crippen LogP contribution < -0.4 is 5.32 Å². The quantitative estimate of drug-likeness (QED) is 0.879. The van der Waals surface area contributed by atoms with Crippen molar-refractivity contribution in [3.05, 3.63) is 29.6 Å². The van der Waals surface area contributed by atoms with Gasteiger partial charge < -0.3 is 15.3 Å². The van der Waals surface area contributed by atoms with Crippen LogP contribution in [0.2, 0.25) is 0 Å². The molecule has 2 rings (SSSR count). The van der Waals surface area contributed by atoms with Crippen LogP contribution in [0, 0.1) is 11.7 Å². The van der Waals surface area contributed by atoms with Crippen molar-refractivity contribution in [3.63, 3.8) is 0 Å². The third-order valence-corrected chi connectivity index (χ3v) is 3.89. The lowest BCUT2D eigenvalue weighted by Gasteiger charge is -2.30. The lowest BCUT2D eigenvalue weighted by molar-refractivity contribution is 0.203. The van der Waals surface area contributed by atoms with Gasteiger partial charge in [0.05, 0.1) is 0 Å². The van der Waals surface area contributed by atoms with E-state index in [1.54, 1.807) is 6.07 Å². The molecule has 106 valence electrons. The van der Waals surface area contributed by atoms with Gasteiger partial charge in [-0.25, -0.2) is 4.39 Å². The molecule has 1 fully saturated rings. The largest absolute Gasteiger partial charge is 0.508 e. The Hall–Kier alpha value is -1.13. The normalized spacial score (nSPS) is 22.4. The molecule has 1 aromatic carbocycles. The van der Waals surface area contributed by atoms with E-state index in [0.717, 1.165) is 18.7 Å². The van der Waals surface area contributed by atoms with E-state index in [4.69, 9.17) is 0 Å². The van der Waals surface area contributed by atoms with Gasteiger partial charge in [0.2, 0.25) is 0 Å². The predicted molar refractivity (Wildman–Crippen MR) is 74.7 cm³/mol. The van der Waals surface area contributed by atoms with Crippen LogP contribution in [0.15, 0.2) is 18.2 Å². The van der Waals surface area contributed by atoms with E-state index in [1.165, 1.54) is 31.5 Å². The maximum Gasteiger partial charge on any atom is 0.126 e. The molecule has 19 heavy (non-hydrogen) atoms. The van der Waals surface area contributed by atoms with Gasteiger partial charge in [0.1, 0.15) is 11.6 Å². The summed E-state index contributed by atoms with van der Waals surface area (Å²) in [5, 5.41) is 13.2. The molecule has 0 spiro atoms. The molecule has 4 heteroatoms. The fraction of sp³-hybridized carbons (Fsp3) is 0.600. The summed E-state index contributed by atoms with van der Waals surface area (Å²) in [5.74, 6) is 0.284. The van der Waals surface area contributed by atoms with Crippen molar-refractivity contribution in [3.8, 4) is 5.75 Å². The van der Waals surface area contributed by atoms with Gasteiger partial charge in [0, 0.05) is 24.2 Å². The molecule has 1 aliphatic rings. The van der Waals surface area contributed by atoms with Crippen LogP contribution >= 0.6 is 0 Å². The summed E-state index contributed by atoms with van der Waals surface area (Å²) < 4.78 is 12.9. The highest BCUT2D eigenvalue weighted by molar-refractivity contribution is 5.34. The number of phenolic OH excluding ortho intramolecular Hbond substituents is 1. The number of hydrogen-bond acceptors (Lipinski definition) is 3. The van der Waals surface area contributed by atoms with E-state index in [0.29, 0.717) is 5.92 Å². The van der Waals surface area contributed by atoms with Gasteiger partial charge in [-0.2, -0.15) is 0 Å². The minimum Gasteiger partial charge on any atom is -0.508 e. The molecule has 0 amide bonds. The van der Waals surface area contributed by atoms with Gasteiger partial charge >= 0.3 is 0 Å². The number of halogens is 1. The number of nitrogens with zero attached hydrogens (tertiary/aromatic N) is 1. The first-order valence-corrected chi connectivity index (χ1v) is 6.96. The molecular formula is C15H23FN2O. The second kappa shape index (κ2) is 6.35. The minimum atomic E-state index is -0.401. The summed E-state index contributed by atoms with van der Waals surface area (Å²) in [7, 11) is 2.15. The molecule has 0 aliphatic carbocycles. The molecule has 0 aromatic heterocycles. The number of piperidine rings is 1. The van der Waals surface area contributed by atoms with Gasteiger partial charge in [-0.05, 0) is 51.9 Å². The van der Waals surface area contributed by atoms with Crippen LogP contribution in [0.4, 0.5) is 4.39 Å². The Morgan fingerprint density at radius 3 is 3.00 bits per heavy atom. The van der Waals surface area contributed by atoms with Crippen LogP contribution in [-0.4, -0.2) is 36.7 Å². The smallest absolute Gasteiger partial charge is 0.126 e. The highest BCUT2D eigenvalue weighted by atomic mass is 19.1. The van der Waals surface area contributed by atoms with Crippen LogP contribution in [0.25, 0.3) is 0 Å². The summed E-state index contributed by atoms with van der Waals surface area (Å²) in [6, 6.07) is 4.24. The summed E-state index contributed by atoms with van der Waals surface area (Å²) in [6.07, 6.45) is 2.50. The molecule has 1 heterocycles. The second-order valence-electron chi connectivity index (χ2n) is 5.60. The second-order valence-corrected chi connectivity index (χ2v) is 5.60. The van der Waals surface area contributed by atoms with Crippen molar-refractivity contribution < 1.29 is 9.50 Å². The Balaban J connectivity index is 1.88. The Kier molecular flexibility index (Phi) is 4.77. The number of rotatable bonds is 4. The summed E-state index contributed by atoms with van der Waals surface area (Å²) in [6.45, 7) is 5.24. The van der Waals surface area contributed by atoms with E-state index in [9.17, 15) is 9.50 Å². The average molecular weight is 266 g/mol. The van der Waals surface area contributed by atoms with Gasteiger partial charge in [0.25, 0.3) is 0 Å². The van der Waals surface area contributed by atoms with Crippen LogP contribution in [-0.2, 0) is 0 Å². The van der Waals surface area contributed by atoms with Crippen molar-refractivity contribution in [1.82, 2.24) is 10.2 Å². The van der Waals surface area contributed by atoms with E-state index in [2.05, 4.69) is 17.3 Å². The van der Waals surface area contributed by atoms with Crippen molar-refractivity contribution in [1.29, 1.82) is 0 Å². The fourth-order valence-corrected chi connectivity index (χ4v) is 2.78. The highest BCUT2D eigenvalue weighted by Crippen LogP contribution is 2.25. The Morgan fingerprint density at radius 1 is 1.53 bits per heavy atom. The number of nitrogens with one attached hydrogen (secondary N) is 1. The molecular weight excluding hydrogens is 243 g/mol. The van der Waals surface area contributed by atoms with Gasteiger partial charge in [0.15, 0.2) is 0 Å². The van der Waals surface area contributed by atoms with Crippen molar-refractivity contribution in [2.45, 2.75) is 25.8 Å². The predicted octanol–water partition coefficient (Wildman–Crippen LogP) is 2.52. The van der Waals surface area contributed by atoms with Crippen LogP contribution in [0.3, 0.4) is 0 Å². The summed E-state index contributed by atoms with van der Waals surface area (Å²) in [5.41, 5.74) is 0.755. The molecule has 2 unspecified atom stereocenters. The number of hydrogen-bond donors (Lipinski definition) is 2. The maximum atomic E-state index is 12.9. The Labute approximate surface area is 114 Å². The molecule has 0 bridgehead atoms. The van der Waals surface area contributed by atoms with Gasteiger partial charge in [-0.1, -0.05) is 6.07 Å². The molecule has 0 radical (unpaired) electrons. The van der Waals surface area contributed by atoms with E-state index < -0.39 is 5.82 Å². The summed E-state index contributed by atoms with van der Waals surface area (Å²) >= 11 is 0. The Morgan fingerprint density at radius 2 is 2.32 bits per heavy atom. The van der Waals surface area contributed by atoms with Crippen LogP contribution in [0.5, 0.6) is 5.75 Å². The zero-order valence-corrected chi connectivity index (χ0v) is 11.7. The summed E-state index contributed by atoms with van der Waals surface area (Å²) in [4.78, 5) is 2.36. The number of aromatic hydroxyl groups is 1. The molecule has 1 saturated heterocycles. The van der Waals surface area contributed by atoms with E-state index in [1.807, 2.05) is 6.92 Å². The number of benzene rings is 1. The molecule has 3 nitrogen and oxygen atoms in total. The first kappa shape index (κ1) is 14.3. The zero-order valence-electron chi connectivity index (χ0n) is 11.7. The molecule has 1 aliphatic heterocycles. The van der Waals surface area contributed by atoms with Crippen molar-refractivity contribution in [2.24, 2.45) is 5.92 Å². The topological polar surface area (TPSA) is 35.5 Å². The van der Waals surface area contributed by atoms with E-state index >= 15 is 0 Å². The minimum absolute atomic E-state index is 0.0285. The zero-order chi connectivity index (χ0) is 13.8. The molecule has 0 saturated carbocycles. The van der Waals surface area contributed by atoms with Crippen molar-refractivity contribution in [2.75, 3.05) is 26.7 Å². The van der Waals surface area contributed by atoms with Crippen molar-refractivity contribution >= 4 is 0 Å².